The molecular formula is C10H14ClN3O2S. The zero-order chi connectivity index (χ0) is 16.1. The van der Waals surface area contributed by atoms with Gasteiger partial charge in [-0.1, -0.05) is 6.85 Å². The number of aromatic nitrogens is 2. The summed E-state index contributed by atoms with van der Waals surface area (Å²) in [5.74, 6) is -1.01. The molecule has 0 fully saturated rings. The summed E-state index contributed by atoms with van der Waals surface area (Å²) < 4.78 is 60.5. The Morgan fingerprint density at radius 2 is 2.35 bits per heavy atom. The Morgan fingerprint density at radius 3 is 3.06 bits per heavy atom. The van der Waals surface area contributed by atoms with Crippen LogP contribution in [0.2, 0.25) is 0 Å². The monoisotopic (exact) mass is 280 g/mol. The first-order valence-corrected chi connectivity index (χ1v) is 6.06. The fraction of sp³-hybridized carbons (Fsp3) is 0.300. The standard InChI is InChI=1S/C10H13N3O2S.ClH/c1-2-5-16(14,15)7-3-4-8-9(6-7)13-10(11)12-8;/h3-4,6H,2,5H2,1H3,(H3,11,12,13);1H/i1D3,2D2;. The van der Waals surface area contributed by atoms with Crippen molar-refractivity contribution in [3.63, 3.8) is 0 Å². The number of rotatable bonds is 3. The van der Waals surface area contributed by atoms with Crippen molar-refractivity contribution in [3.05, 3.63) is 18.2 Å². The van der Waals surface area contributed by atoms with Gasteiger partial charge in [-0.3, -0.25) is 0 Å². The Kier molecular flexibility index (Phi) is 2.30. The van der Waals surface area contributed by atoms with Crippen molar-refractivity contribution < 1.29 is 15.3 Å². The highest BCUT2D eigenvalue weighted by molar-refractivity contribution is 7.91. The van der Waals surface area contributed by atoms with Gasteiger partial charge in [-0.25, -0.2) is 13.4 Å². The van der Waals surface area contributed by atoms with Crippen molar-refractivity contribution in [1.29, 1.82) is 0 Å². The molecule has 0 atom stereocenters. The average molecular weight is 281 g/mol. The molecule has 0 unspecified atom stereocenters. The summed E-state index contributed by atoms with van der Waals surface area (Å²) in [5.41, 5.74) is 6.30. The first-order valence-electron chi connectivity index (χ1n) is 6.90. The van der Waals surface area contributed by atoms with Gasteiger partial charge in [-0.05, 0) is 24.6 Å². The highest BCUT2D eigenvalue weighted by Crippen LogP contribution is 2.19. The lowest BCUT2D eigenvalue weighted by atomic mass is 10.3. The normalized spacial score (nSPS) is 17.3. The maximum absolute atomic E-state index is 12.2. The van der Waals surface area contributed by atoms with E-state index in [-0.39, 0.29) is 23.3 Å². The van der Waals surface area contributed by atoms with Gasteiger partial charge in [0, 0.05) is 6.85 Å². The summed E-state index contributed by atoms with van der Waals surface area (Å²) in [7, 11) is -4.11. The second-order valence-corrected chi connectivity index (χ2v) is 5.23. The molecule has 17 heavy (non-hydrogen) atoms. The predicted molar refractivity (Wildman–Crippen MR) is 70.1 cm³/mol. The highest BCUT2D eigenvalue weighted by atomic mass is 35.5. The second-order valence-electron chi connectivity index (χ2n) is 3.24. The Bertz CT molecular complexity index is 787. The van der Waals surface area contributed by atoms with Crippen molar-refractivity contribution in [2.24, 2.45) is 0 Å². The number of hydrogen-bond acceptors (Lipinski definition) is 4. The summed E-state index contributed by atoms with van der Waals surface area (Å²) in [4.78, 5) is 6.39. The number of imidazole rings is 1. The third kappa shape index (κ3) is 2.70. The molecule has 0 saturated heterocycles. The molecule has 0 radical (unpaired) electrons. The van der Waals surface area contributed by atoms with Gasteiger partial charge in [0.2, 0.25) is 0 Å². The van der Waals surface area contributed by atoms with Crippen molar-refractivity contribution >= 4 is 39.2 Å². The van der Waals surface area contributed by atoms with E-state index in [2.05, 4.69) is 9.97 Å². The quantitative estimate of drug-likeness (QED) is 0.896. The molecule has 5 nitrogen and oxygen atoms in total. The highest BCUT2D eigenvalue weighted by Gasteiger charge is 2.14. The molecule has 0 bridgehead atoms. The molecule has 1 heterocycles. The molecule has 2 rings (SSSR count). The number of sulfone groups is 1. The summed E-state index contributed by atoms with van der Waals surface area (Å²) >= 11 is 0. The average Bonchev–Trinajstić information content (AvgIpc) is 2.64. The van der Waals surface area contributed by atoms with Crippen LogP contribution in [0.15, 0.2) is 23.1 Å². The molecule has 94 valence electrons. The van der Waals surface area contributed by atoms with Gasteiger partial charge in [-0.2, -0.15) is 0 Å². The van der Waals surface area contributed by atoms with E-state index < -0.39 is 28.8 Å². The third-order valence-corrected chi connectivity index (χ3v) is 3.59. The Morgan fingerprint density at radius 1 is 1.59 bits per heavy atom. The van der Waals surface area contributed by atoms with Crippen LogP contribution in [0, 0.1) is 0 Å². The number of halogens is 1. The van der Waals surface area contributed by atoms with E-state index in [4.69, 9.17) is 12.6 Å². The second kappa shape index (κ2) is 4.93. The molecule has 7 heteroatoms. The minimum Gasteiger partial charge on any atom is -0.369 e. The Balaban J connectivity index is 0.00000242. The lowest BCUT2D eigenvalue weighted by molar-refractivity contribution is 0.595. The van der Waals surface area contributed by atoms with Gasteiger partial charge in [0.15, 0.2) is 15.8 Å². The predicted octanol–water partition coefficient (Wildman–Crippen LogP) is 1.75. The SMILES string of the molecule is Cl.[2H]C([2H])([2H])C([2H])([2H])CS(=O)(=O)c1ccc2nc(N)[nH]c2c1. The lowest BCUT2D eigenvalue weighted by Crippen LogP contribution is -2.05. The number of nitrogens with zero attached hydrogens (tertiary/aromatic N) is 1. The van der Waals surface area contributed by atoms with Crippen molar-refractivity contribution in [3.8, 4) is 0 Å². The fourth-order valence-electron chi connectivity index (χ4n) is 1.38. The van der Waals surface area contributed by atoms with Gasteiger partial charge in [0.1, 0.15) is 0 Å². The number of nitrogen functional groups attached to an aromatic ring is 1. The first-order chi connectivity index (χ1) is 9.42. The number of fused-ring (bicyclic) bond motifs is 1. The van der Waals surface area contributed by atoms with Crippen LogP contribution < -0.4 is 5.73 Å². The molecule has 0 amide bonds. The number of nitrogens with one attached hydrogen (secondary N) is 1. The largest absolute Gasteiger partial charge is 0.369 e. The number of H-pyrrole nitrogens is 1. The minimum atomic E-state index is -4.11. The molecule has 0 aliphatic rings. The molecule has 1 aromatic heterocycles. The maximum atomic E-state index is 12.2. The maximum Gasteiger partial charge on any atom is 0.198 e. The Hall–Kier alpha value is -1.27. The van der Waals surface area contributed by atoms with E-state index in [1.807, 2.05) is 0 Å². The van der Waals surface area contributed by atoms with E-state index in [0.717, 1.165) is 0 Å². The van der Waals surface area contributed by atoms with Crippen LogP contribution in [0.3, 0.4) is 0 Å². The van der Waals surface area contributed by atoms with Crippen LogP contribution in [0.5, 0.6) is 0 Å². The van der Waals surface area contributed by atoms with Crippen LogP contribution in [-0.2, 0) is 9.84 Å². The topological polar surface area (TPSA) is 88.8 Å². The van der Waals surface area contributed by atoms with Crippen molar-refractivity contribution in [2.45, 2.75) is 18.1 Å². The minimum absolute atomic E-state index is 0. The summed E-state index contributed by atoms with van der Waals surface area (Å²) in [6, 6.07) is 3.91. The fourth-order valence-corrected chi connectivity index (χ4v) is 2.31. The van der Waals surface area contributed by atoms with Gasteiger partial charge in [-0.15, -0.1) is 12.4 Å². The van der Waals surface area contributed by atoms with E-state index >= 15 is 0 Å². The number of hydrogen-bond donors (Lipinski definition) is 2. The Labute approximate surface area is 113 Å². The molecule has 3 N–H and O–H groups in total. The zero-order valence-electron chi connectivity index (χ0n) is 13.6. The van der Waals surface area contributed by atoms with Gasteiger partial charge in [0.05, 0.1) is 21.7 Å². The van der Waals surface area contributed by atoms with Gasteiger partial charge < -0.3 is 10.7 Å². The summed E-state index contributed by atoms with van der Waals surface area (Å²) in [6.07, 6.45) is -2.84. The van der Waals surface area contributed by atoms with E-state index in [9.17, 15) is 8.42 Å². The molecule has 0 spiro atoms. The van der Waals surface area contributed by atoms with Crippen LogP contribution >= 0.6 is 12.4 Å². The molecular weight excluding hydrogens is 262 g/mol. The number of aromatic amines is 1. The summed E-state index contributed by atoms with van der Waals surface area (Å²) in [6.45, 7) is -3.03. The van der Waals surface area contributed by atoms with Crippen LogP contribution in [-0.4, -0.2) is 24.1 Å². The lowest BCUT2D eigenvalue weighted by Gasteiger charge is -2.01. The molecule has 1 aromatic carbocycles. The zero-order valence-corrected chi connectivity index (χ0v) is 10.2. The molecule has 0 aliphatic heterocycles. The van der Waals surface area contributed by atoms with Crippen molar-refractivity contribution in [1.82, 2.24) is 9.97 Å². The van der Waals surface area contributed by atoms with Crippen LogP contribution in [0.1, 0.15) is 20.1 Å². The number of anilines is 1. The summed E-state index contributed by atoms with van der Waals surface area (Å²) in [5, 5.41) is 0. The van der Waals surface area contributed by atoms with E-state index in [1.165, 1.54) is 18.2 Å². The number of nitrogens with two attached hydrogens (primary N) is 1. The van der Waals surface area contributed by atoms with E-state index in [1.54, 1.807) is 0 Å². The molecule has 2 aromatic rings. The third-order valence-electron chi connectivity index (χ3n) is 2.09. The van der Waals surface area contributed by atoms with Crippen LogP contribution in [0.25, 0.3) is 11.0 Å². The smallest absolute Gasteiger partial charge is 0.198 e. The van der Waals surface area contributed by atoms with Crippen LogP contribution in [0.4, 0.5) is 5.95 Å². The number of benzene rings is 1. The van der Waals surface area contributed by atoms with Gasteiger partial charge in [0.25, 0.3) is 0 Å². The van der Waals surface area contributed by atoms with Gasteiger partial charge >= 0.3 is 0 Å². The van der Waals surface area contributed by atoms with Crippen molar-refractivity contribution in [2.75, 3.05) is 11.5 Å². The molecule has 0 aliphatic carbocycles. The molecule has 0 saturated carbocycles. The first kappa shape index (κ1) is 7.94. The van der Waals surface area contributed by atoms with E-state index in [0.29, 0.717) is 11.0 Å².